The molecule has 0 atom stereocenters. The summed E-state index contributed by atoms with van der Waals surface area (Å²) in [7, 11) is 1.62. The number of hydrogen-bond donors (Lipinski definition) is 3. The summed E-state index contributed by atoms with van der Waals surface area (Å²) in [4.78, 5) is 13.6. The van der Waals surface area contributed by atoms with Gasteiger partial charge in [0.2, 0.25) is 0 Å². The Kier molecular flexibility index (Phi) is 4.45. The molecule has 2 amide bonds. The van der Waals surface area contributed by atoms with E-state index in [1.807, 2.05) is 12.1 Å². The predicted molar refractivity (Wildman–Crippen MR) is 62.4 cm³/mol. The molecule has 0 aromatic heterocycles. The maximum atomic E-state index is 11.5. The number of rotatable bonds is 3. The number of urea groups is 1. The van der Waals surface area contributed by atoms with Crippen molar-refractivity contribution >= 4 is 24.3 Å². The molecule has 0 saturated carbocycles. The lowest BCUT2D eigenvalue weighted by molar-refractivity contribution is 0.202. The number of para-hydroxylation sites is 1. The molecule has 1 rings (SSSR count). The lowest BCUT2D eigenvalue weighted by Crippen LogP contribution is -2.33. The first-order chi connectivity index (χ1) is 7.15. The fraction of sp³-hybridized carbons (Fsp3) is 0.300. The fourth-order valence-electron chi connectivity index (χ4n) is 1.04. The highest BCUT2D eigenvalue weighted by molar-refractivity contribution is 7.80. The molecule has 0 spiro atoms. The van der Waals surface area contributed by atoms with Crippen molar-refractivity contribution in [2.45, 2.75) is 4.90 Å². The van der Waals surface area contributed by atoms with Crippen molar-refractivity contribution in [3.05, 3.63) is 24.3 Å². The Morgan fingerprint density at radius 3 is 2.80 bits per heavy atom. The van der Waals surface area contributed by atoms with E-state index in [4.69, 9.17) is 5.11 Å². The summed E-state index contributed by atoms with van der Waals surface area (Å²) < 4.78 is 0. The minimum absolute atomic E-state index is 0.0492. The molecule has 0 fully saturated rings. The molecule has 0 aliphatic carbocycles. The number of benzene rings is 1. The molecule has 82 valence electrons. The number of likely N-dealkylation sites (N-methyl/N-ethyl adjacent to an activating group) is 1. The standard InChI is InChI=1S/C10H14N2O2S/c1-12(6-7-13)10(14)11-8-4-2-3-5-9(8)15/h2-5,13,15H,6-7H2,1H3,(H,11,14). The van der Waals surface area contributed by atoms with Crippen LogP contribution in [0.25, 0.3) is 0 Å². The third kappa shape index (κ3) is 3.45. The van der Waals surface area contributed by atoms with E-state index in [0.29, 0.717) is 17.1 Å². The minimum atomic E-state index is -0.259. The van der Waals surface area contributed by atoms with E-state index in [9.17, 15) is 4.79 Å². The number of nitrogens with zero attached hydrogens (tertiary/aromatic N) is 1. The zero-order chi connectivity index (χ0) is 11.3. The highest BCUT2D eigenvalue weighted by atomic mass is 32.1. The van der Waals surface area contributed by atoms with Crippen molar-refractivity contribution < 1.29 is 9.90 Å². The van der Waals surface area contributed by atoms with Gasteiger partial charge in [-0.25, -0.2) is 4.79 Å². The largest absolute Gasteiger partial charge is 0.395 e. The van der Waals surface area contributed by atoms with Crippen LogP contribution in [-0.4, -0.2) is 36.2 Å². The van der Waals surface area contributed by atoms with Gasteiger partial charge >= 0.3 is 6.03 Å². The first-order valence-electron chi connectivity index (χ1n) is 4.56. The van der Waals surface area contributed by atoms with Gasteiger partial charge in [-0.15, -0.1) is 12.6 Å². The number of amides is 2. The molecule has 0 bridgehead atoms. The van der Waals surface area contributed by atoms with Crippen LogP contribution in [0.5, 0.6) is 0 Å². The van der Waals surface area contributed by atoms with E-state index >= 15 is 0 Å². The van der Waals surface area contributed by atoms with E-state index in [-0.39, 0.29) is 12.6 Å². The van der Waals surface area contributed by atoms with E-state index in [0.717, 1.165) is 0 Å². The van der Waals surface area contributed by atoms with Gasteiger partial charge in [-0.2, -0.15) is 0 Å². The highest BCUT2D eigenvalue weighted by Crippen LogP contribution is 2.18. The molecule has 4 nitrogen and oxygen atoms in total. The van der Waals surface area contributed by atoms with Gasteiger partial charge in [0.25, 0.3) is 0 Å². The topological polar surface area (TPSA) is 52.6 Å². The Bertz CT molecular complexity index is 344. The Balaban J connectivity index is 2.62. The number of aliphatic hydroxyl groups is 1. The average Bonchev–Trinajstić information content (AvgIpc) is 2.21. The van der Waals surface area contributed by atoms with Gasteiger partial charge in [0.05, 0.1) is 12.3 Å². The molecule has 15 heavy (non-hydrogen) atoms. The Morgan fingerprint density at radius 1 is 1.53 bits per heavy atom. The van der Waals surface area contributed by atoms with Crippen LogP contribution in [0.3, 0.4) is 0 Å². The summed E-state index contributed by atoms with van der Waals surface area (Å²) in [5, 5.41) is 11.4. The number of thiol groups is 1. The second kappa shape index (κ2) is 5.63. The number of carbonyl (C=O) groups is 1. The first-order valence-corrected chi connectivity index (χ1v) is 5.01. The summed E-state index contributed by atoms with van der Waals surface area (Å²) in [5.41, 5.74) is 0.663. The third-order valence-corrected chi connectivity index (χ3v) is 2.32. The molecule has 1 aromatic carbocycles. The van der Waals surface area contributed by atoms with Crippen molar-refractivity contribution in [3.63, 3.8) is 0 Å². The Labute approximate surface area is 94.3 Å². The summed E-state index contributed by atoms with van der Waals surface area (Å²) in [6, 6.07) is 6.97. The monoisotopic (exact) mass is 226 g/mol. The summed E-state index contributed by atoms with van der Waals surface area (Å²) in [6.45, 7) is 0.257. The average molecular weight is 226 g/mol. The quantitative estimate of drug-likeness (QED) is 0.683. The minimum Gasteiger partial charge on any atom is -0.395 e. The summed E-state index contributed by atoms with van der Waals surface area (Å²) in [6.07, 6.45) is 0. The SMILES string of the molecule is CN(CCO)C(=O)Nc1ccccc1S. The number of hydrogen-bond acceptors (Lipinski definition) is 3. The smallest absolute Gasteiger partial charge is 0.321 e. The summed E-state index contributed by atoms with van der Waals surface area (Å²) >= 11 is 4.21. The molecular formula is C10H14N2O2S. The van der Waals surface area contributed by atoms with Crippen LogP contribution in [0.2, 0.25) is 0 Å². The molecule has 0 aliphatic rings. The van der Waals surface area contributed by atoms with Gasteiger partial charge in [-0.05, 0) is 12.1 Å². The second-order valence-corrected chi connectivity index (χ2v) is 3.57. The van der Waals surface area contributed by atoms with Crippen molar-refractivity contribution in [1.82, 2.24) is 4.90 Å². The van der Waals surface area contributed by atoms with Crippen LogP contribution in [-0.2, 0) is 0 Å². The Morgan fingerprint density at radius 2 is 2.20 bits per heavy atom. The molecular weight excluding hydrogens is 212 g/mol. The molecule has 2 N–H and O–H groups in total. The fourth-order valence-corrected chi connectivity index (χ4v) is 1.26. The van der Waals surface area contributed by atoms with Crippen molar-refractivity contribution in [1.29, 1.82) is 0 Å². The van der Waals surface area contributed by atoms with Crippen molar-refractivity contribution in [3.8, 4) is 0 Å². The maximum absolute atomic E-state index is 11.5. The van der Waals surface area contributed by atoms with Gasteiger partial charge in [-0.1, -0.05) is 12.1 Å². The number of nitrogens with one attached hydrogen (secondary N) is 1. The molecule has 0 saturated heterocycles. The third-order valence-electron chi connectivity index (χ3n) is 1.93. The highest BCUT2D eigenvalue weighted by Gasteiger charge is 2.08. The zero-order valence-corrected chi connectivity index (χ0v) is 9.37. The molecule has 0 unspecified atom stereocenters. The van der Waals surface area contributed by atoms with Crippen LogP contribution in [0.15, 0.2) is 29.2 Å². The van der Waals surface area contributed by atoms with Crippen molar-refractivity contribution in [2.24, 2.45) is 0 Å². The van der Waals surface area contributed by atoms with Gasteiger partial charge < -0.3 is 15.3 Å². The Hall–Kier alpha value is -1.20. The summed E-state index contributed by atoms with van der Waals surface area (Å²) in [5.74, 6) is 0. The molecule has 0 heterocycles. The van der Waals surface area contributed by atoms with E-state index in [1.54, 1.807) is 19.2 Å². The van der Waals surface area contributed by atoms with Crippen molar-refractivity contribution in [2.75, 3.05) is 25.5 Å². The normalized spacial score (nSPS) is 9.80. The van der Waals surface area contributed by atoms with E-state index in [1.165, 1.54) is 4.90 Å². The van der Waals surface area contributed by atoms with E-state index < -0.39 is 0 Å². The number of aliphatic hydroxyl groups excluding tert-OH is 1. The molecule has 5 heteroatoms. The van der Waals surface area contributed by atoms with Gasteiger partial charge in [-0.3, -0.25) is 0 Å². The lowest BCUT2D eigenvalue weighted by Gasteiger charge is -2.17. The van der Waals surface area contributed by atoms with Crippen LogP contribution >= 0.6 is 12.6 Å². The van der Waals surface area contributed by atoms with Crippen LogP contribution in [0, 0.1) is 0 Å². The second-order valence-electron chi connectivity index (χ2n) is 3.09. The van der Waals surface area contributed by atoms with Crippen LogP contribution < -0.4 is 5.32 Å². The van der Waals surface area contributed by atoms with Crippen LogP contribution in [0.1, 0.15) is 0 Å². The first kappa shape index (κ1) is 11.9. The molecule has 0 aliphatic heterocycles. The molecule has 1 aromatic rings. The van der Waals surface area contributed by atoms with Gasteiger partial charge in [0, 0.05) is 18.5 Å². The van der Waals surface area contributed by atoms with Crippen LogP contribution in [0.4, 0.5) is 10.5 Å². The number of anilines is 1. The van der Waals surface area contributed by atoms with Gasteiger partial charge in [0.1, 0.15) is 0 Å². The lowest BCUT2D eigenvalue weighted by atomic mass is 10.3. The number of carbonyl (C=O) groups excluding carboxylic acids is 1. The zero-order valence-electron chi connectivity index (χ0n) is 8.47. The molecule has 0 radical (unpaired) electrons. The van der Waals surface area contributed by atoms with E-state index in [2.05, 4.69) is 17.9 Å². The van der Waals surface area contributed by atoms with Gasteiger partial charge in [0.15, 0.2) is 0 Å². The predicted octanol–water partition coefficient (Wildman–Crippen LogP) is 1.43. The maximum Gasteiger partial charge on any atom is 0.321 e.